The van der Waals surface area contributed by atoms with Crippen molar-refractivity contribution in [2.75, 3.05) is 0 Å². The smallest absolute Gasteiger partial charge is 0.164 e. The standard InChI is InChI=1S/C56H34N6/c1-4-16-35(17-5-1)49-34-40-22-10-11-23-42(40)53-50(51(60-62(49)53)37-18-6-2-7-19-37)36-28-30-39(31-29-36)55-57-54(38-20-8-3-9-21-38)58-56(59-55)41-32-45-43-24-12-14-26-47(43)61-48-27-15-13-25-44(48)46(33-41)52(45)61/h1-34H. The number of benzene rings is 8. The van der Waals surface area contributed by atoms with Gasteiger partial charge in [-0.15, -0.1) is 0 Å². The van der Waals surface area contributed by atoms with Crippen LogP contribution in [0.4, 0.5) is 0 Å². The zero-order valence-electron chi connectivity index (χ0n) is 33.3. The lowest BCUT2D eigenvalue weighted by atomic mass is 9.96. The number of pyridine rings is 1. The highest BCUT2D eigenvalue weighted by molar-refractivity contribution is 6.24. The third-order valence-corrected chi connectivity index (χ3v) is 12.3. The fourth-order valence-corrected chi connectivity index (χ4v) is 9.49. The molecule has 0 fully saturated rings. The van der Waals surface area contributed by atoms with E-state index in [1.54, 1.807) is 0 Å². The van der Waals surface area contributed by atoms with E-state index in [4.69, 9.17) is 20.1 Å². The highest BCUT2D eigenvalue weighted by Crippen LogP contribution is 2.43. The molecule has 0 amide bonds. The van der Waals surface area contributed by atoms with Crippen LogP contribution < -0.4 is 0 Å². The fraction of sp³-hybridized carbons (Fsp3) is 0. The number of para-hydroxylation sites is 2. The van der Waals surface area contributed by atoms with Crippen molar-refractivity contribution in [2.24, 2.45) is 0 Å². The van der Waals surface area contributed by atoms with E-state index in [0.717, 1.165) is 66.6 Å². The van der Waals surface area contributed by atoms with E-state index in [1.807, 2.05) is 18.2 Å². The van der Waals surface area contributed by atoms with E-state index in [-0.39, 0.29) is 0 Å². The summed E-state index contributed by atoms with van der Waals surface area (Å²) in [7, 11) is 0. The van der Waals surface area contributed by atoms with Crippen molar-refractivity contribution in [2.45, 2.75) is 0 Å². The molecule has 8 aromatic carbocycles. The Morgan fingerprint density at radius 1 is 0.323 bits per heavy atom. The second kappa shape index (κ2) is 13.5. The first-order valence-corrected chi connectivity index (χ1v) is 20.9. The van der Waals surface area contributed by atoms with Gasteiger partial charge in [0.2, 0.25) is 0 Å². The van der Waals surface area contributed by atoms with Gasteiger partial charge in [0.1, 0.15) is 5.69 Å². The van der Waals surface area contributed by atoms with Crippen LogP contribution in [0.3, 0.4) is 0 Å². The molecule has 288 valence electrons. The molecule has 6 nitrogen and oxygen atoms in total. The molecule has 0 aliphatic heterocycles. The van der Waals surface area contributed by atoms with Crippen LogP contribution in [0.5, 0.6) is 0 Å². The largest absolute Gasteiger partial charge is 0.308 e. The summed E-state index contributed by atoms with van der Waals surface area (Å²) in [6, 6.07) is 72.5. The fourth-order valence-electron chi connectivity index (χ4n) is 9.49. The zero-order valence-corrected chi connectivity index (χ0v) is 33.3. The first kappa shape index (κ1) is 34.4. The van der Waals surface area contributed by atoms with Crippen molar-refractivity contribution in [1.82, 2.24) is 29.0 Å². The topological polar surface area (TPSA) is 60.4 Å². The highest BCUT2D eigenvalue weighted by atomic mass is 15.2. The Morgan fingerprint density at radius 3 is 1.40 bits per heavy atom. The lowest BCUT2D eigenvalue weighted by molar-refractivity contribution is 0.979. The Labute approximate surface area is 356 Å². The van der Waals surface area contributed by atoms with E-state index in [0.29, 0.717) is 17.5 Å². The van der Waals surface area contributed by atoms with Crippen molar-refractivity contribution in [3.8, 4) is 67.8 Å². The Morgan fingerprint density at radius 2 is 0.790 bits per heavy atom. The lowest BCUT2D eigenvalue weighted by Gasteiger charge is -2.11. The van der Waals surface area contributed by atoms with Crippen molar-refractivity contribution in [3.05, 3.63) is 206 Å². The molecular weight excluding hydrogens is 757 g/mol. The maximum Gasteiger partial charge on any atom is 0.164 e. The maximum atomic E-state index is 5.41. The summed E-state index contributed by atoms with van der Waals surface area (Å²) in [4.78, 5) is 15.6. The summed E-state index contributed by atoms with van der Waals surface area (Å²) in [5.41, 5.74) is 13.7. The van der Waals surface area contributed by atoms with Crippen LogP contribution in [0.2, 0.25) is 0 Å². The van der Waals surface area contributed by atoms with Gasteiger partial charge in [-0.1, -0.05) is 176 Å². The molecule has 0 N–H and O–H groups in total. The average molecular weight is 791 g/mol. The Bertz CT molecular complexity index is 3750. The summed E-state index contributed by atoms with van der Waals surface area (Å²) in [6.07, 6.45) is 0. The summed E-state index contributed by atoms with van der Waals surface area (Å²) >= 11 is 0. The van der Waals surface area contributed by atoms with Gasteiger partial charge >= 0.3 is 0 Å². The molecule has 5 heterocycles. The number of aromatic nitrogens is 6. The van der Waals surface area contributed by atoms with Crippen LogP contribution in [-0.4, -0.2) is 29.0 Å². The predicted molar refractivity (Wildman–Crippen MR) is 253 cm³/mol. The van der Waals surface area contributed by atoms with Crippen LogP contribution >= 0.6 is 0 Å². The summed E-state index contributed by atoms with van der Waals surface area (Å²) in [5, 5.41) is 12.5. The number of rotatable bonds is 6. The predicted octanol–water partition coefficient (Wildman–Crippen LogP) is 13.8. The van der Waals surface area contributed by atoms with Crippen molar-refractivity contribution in [3.63, 3.8) is 0 Å². The molecule has 13 aromatic rings. The van der Waals surface area contributed by atoms with E-state index in [1.165, 1.54) is 38.1 Å². The molecule has 6 heteroatoms. The third kappa shape index (κ3) is 5.23. The van der Waals surface area contributed by atoms with Gasteiger partial charge in [-0.2, -0.15) is 5.10 Å². The van der Waals surface area contributed by atoms with Gasteiger partial charge in [-0.3, -0.25) is 0 Å². The van der Waals surface area contributed by atoms with Crippen LogP contribution in [-0.2, 0) is 0 Å². The molecule has 13 rings (SSSR count). The van der Waals surface area contributed by atoms with Crippen LogP contribution in [0, 0.1) is 0 Å². The Balaban J connectivity index is 1.02. The highest BCUT2D eigenvalue weighted by Gasteiger charge is 2.23. The van der Waals surface area contributed by atoms with Crippen LogP contribution in [0.25, 0.3) is 122 Å². The minimum Gasteiger partial charge on any atom is -0.308 e. The molecule has 62 heavy (non-hydrogen) atoms. The van der Waals surface area contributed by atoms with Gasteiger partial charge in [-0.25, -0.2) is 19.5 Å². The van der Waals surface area contributed by atoms with E-state index >= 15 is 0 Å². The number of hydrogen-bond donors (Lipinski definition) is 0. The number of fused-ring (bicyclic) bond motifs is 9. The number of hydrogen-bond acceptors (Lipinski definition) is 4. The molecule has 0 aliphatic carbocycles. The first-order chi connectivity index (χ1) is 30.7. The second-order valence-electron chi connectivity index (χ2n) is 15.9. The number of nitrogens with zero attached hydrogens (tertiary/aromatic N) is 6. The third-order valence-electron chi connectivity index (χ3n) is 12.3. The lowest BCUT2D eigenvalue weighted by Crippen LogP contribution is -2.00. The Hall–Kier alpha value is -8.48. The van der Waals surface area contributed by atoms with Crippen LogP contribution in [0.1, 0.15) is 0 Å². The first-order valence-electron chi connectivity index (χ1n) is 20.9. The molecule has 0 radical (unpaired) electrons. The summed E-state index contributed by atoms with van der Waals surface area (Å²) < 4.78 is 4.53. The van der Waals surface area contributed by atoms with Crippen molar-refractivity contribution >= 4 is 54.4 Å². The molecule has 0 atom stereocenters. The van der Waals surface area contributed by atoms with Gasteiger partial charge in [-0.05, 0) is 41.3 Å². The molecule has 0 saturated carbocycles. The average Bonchev–Trinajstić information content (AvgIpc) is 4.03. The molecule has 5 aromatic heterocycles. The van der Waals surface area contributed by atoms with Crippen molar-refractivity contribution in [1.29, 1.82) is 0 Å². The SMILES string of the molecule is c1ccc(-c2nc(-c3ccc(-c4c(-c5ccccc5)nn5c(-c6ccccc6)cc6ccccc6c45)cc3)nc(-c3cc4c5ccccc5n5c6ccccc6c(c3)c45)n2)cc1. The van der Waals surface area contributed by atoms with Gasteiger partial charge in [0.15, 0.2) is 17.5 Å². The van der Waals surface area contributed by atoms with Gasteiger partial charge in [0.05, 0.1) is 27.8 Å². The molecule has 0 aliphatic rings. The molecule has 0 saturated heterocycles. The quantitative estimate of drug-likeness (QED) is 0.168. The monoisotopic (exact) mass is 790 g/mol. The minimum atomic E-state index is 0.611. The molecule has 0 unspecified atom stereocenters. The summed E-state index contributed by atoms with van der Waals surface area (Å²) in [5.74, 6) is 1.87. The molecule has 0 bridgehead atoms. The maximum absolute atomic E-state index is 5.41. The van der Waals surface area contributed by atoms with Gasteiger partial charge in [0, 0.05) is 60.3 Å². The van der Waals surface area contributed by atoms with Crippen molar-refractivity contribution < 1.29 is 0 Å². The Kier molecular flexibility index (Phi) is 7.50. The minimum absolute atomic E-state index is 0.611. The van der Waals surface area contributed by atoms with E-state index in [2.05, 4.69) is 197 Å². The van der Waals surface area contributed by atoms with Gasteiger partial charge in [0.25, 0.3) is 0 Å². The molecular formula is C56H34N6. The van der Waals surface area contributed by atoms with Crippen LogP contribution in [0.15, 0.2) is 206 Å². The summed E-state index contributed by atoms with van der Waals surface area (Å²) in [6.45, 7) is 0. The van der Waals surface area contributed by atoms with E-state index < -0.39 is 0 Å². The van der Waals surface area contributed by atoms with Gasteiger partial charge < -0.3 is 4.40 Å². The normalized spacial score (nSPS) is 11.9. The molecule has 0 spiro atoms. The van der Waals surface area contributed by atoms with E-state index in [9.17, 15) is 0 Å². The second-order valence-corrected chi connectivity index (χ2v) is 15.9. The zero-order chi connectivity index (χ0) is 40.7.